The van der Waals surface area contributed by atoms with Crippen LogP contribution >= 0.6 is 11.3 Å². The van der Waals surface area contributed by atoms with E-state index in [4.69, 9.17) is 9.26 Å². The molecule has 11 nitrogen and oxygen atoms in total. The lowest BCUT2D eigenvalue weighted by Crippen LogP contribution is -2.35. The predicted molar refractivity (Wildman–Crippen MR) is 130 cm³/mol. The molecule has 36 heavy (non-hydrogen) atoms. The topological polar surface area (TPSA) is 151 Å². The first-order valence-corrected chi connectivity index (χ1v) is 11.7. The lowest BCUT2D eigenvalue weighted by molar-refractivity contribution is -0.144. The highest BCUT2D eigenvalue weighted by Gasteiger charge is 2.48. The monoisotopic (exact) mass is 507 g/mol. The highest BCUT2D eigenvalue weighted by Crippen LogP contribution is 2.38. The maximum Gasteiger partial charge on any atom is 0.357 e. The molecule has 3 N–H and O–H groups in total. The number of nitrogens with zero attached hydrogens (tertiary/aromatic N) is 4. The number of likely N-dealkylation sites (N-methyl/N-ethyl adjacent to an activating group) is 1. The lowest BCUT2D eigenvalue weighted by Gasteiger charge is -2.16. The first-order valence-electron chi connectivity index (χ1n) is 10.9. The normalized spacial score (nSPS) is 17.4. The maximum atomic E-state index is 12.4. The minimum absolute atomic E-state index is 0.0802. The summed E-state index contributed by atoms with van der Waals surface area (Å²) >= 11 is 1.16. The van der Waals surface area contributed by atoms with Gasteiger partial charge in [-0.2, -0.15) is 0 Å². The van der Waals surface area contributed by atoms with Gasteiger partial charge in [-0.15, -0.1) is 0 Å². The second-order valence-electron chi connectivity index (χ2n) is 8.18. The molecule has 4 heterocycles. The number of aromatic carboxylic acids is 1. The molecule has 0 bridgehead atoms. The van der Waals surface area contributed by atoms with Crippen LogP contribution in [0.1, 0.15) is 22.7 Å². The first-order chi connectivity index (χ1) is 17.3. The van der Waals surface area contributed by atoms with Gasteiger partial charge in [-0.1, -0.05) is 34.7 Å². The van der Waals surface area contributed by atoms with Crippen LogP contribution in [0.2, 0.25) is 0 Å². The van der Waals surface area contributed by atoms with Crippen LogP contribution in [0.25, 0.3) is 21.8 Å². The molecule has 0 spiro atoms. The largest absolute Gasteiger partial charge is 0.480 e. The van der Waals surface area contributed by atoms with E-state index >= 15 is 0 Å². The van der Waals surface area contributed by atoms with Crippen molar-refractivity contribution in [1.29, 1.82) is 0 Å². The number of methoxy groups -OCH3 is 1. The Morgan fingerprint density at radius 1 is 1.25 bits per heavy atom. The summed E-state index contributed by atoms with van der Waals surface area (Å²) in [6, 6.07) is 12.1. The fraction of sp³-hybridized carbons (Fsp3) is 0.208. The van der Waals surface area contributed by atoms with E-state index in [2.05, 4.69) is 20.4 Å². The van der Waals surface area contributed by atoms with Crippen molar-refractivity contribution in [2.45, 2.75) is 12.0 Å². The Labute approximate surface area is 209 Å². The number of carbonyl (C=O) groups is 2. The average Bonchev–Trinajstić information content (AvgIpc) is 3.61. The van der Waals surface area contributed by atoms with Gasteiger partial charge in [0, 0.05) is 43.4 Å². The number of anilines is 2. The molecule has 1 saturated heterocycles. The van der Waals surface area contributed by atoms with Crippen LogP contribution in [0.15, 0.2) is 53.2 Å². The molecule has 1 atom stereocenters. The fourth-order valence-electron chi connectivity index (χ4n) is 3.94. The number of rotatable bonds is 7. The van der Waals surface area contributed by atoms with Gasteiger partial charge in [0.25, 0.3) is 5.91 Å². The number of benzene rings is 1. The van der Waals surface area contributed by atoms with Crippen molar-refractivity contribution in [3.05, 3.63) is 60.1 Å². The van der Waals surface area contributed by atoms with Gasteiger partial charge in [0.05, 0.1) is 7.11 Å². The number of carbonyl (C=O) groups excluding carboxylic acids is 1. The molecule has 1 aliphatic rings. The molecule has 1 aromatic carbocycles. The van der Waals surface area contributed by atoms with Crippen molar-refractivity contribution in [2.24, 2.45) is 0 Å². The summed E-state index contributed by atoms with van der Waals surface area (Å²) in [5, 5.41) is 28.4. The number of carboxylic acids is 1. The van der Waals surface area contributed by atoms with E-state index in [0.29, 0.717) is 44.9 Å². The van der Waals surface area contributed by atoms with Gasteiger partial charge in [-0.05, 0) is 18.2 Å². The second-order valence-corrected chi connectivity index (χ2v) is 9.18. The molecule has 0 saturated carbocycles. The summed E-state index contributed by atoms with van der Waals surface area (Å²) in [7, 11) is 3.10. The van der Waals surface area contributed by atoms with Crippen molar-refractivity contribution in [3.63, 3.8) is 0 Å². The van der Waals surface area contributed by atoms with E-state index in [1.54, 1.807) is 55.7 Å². The van der Waals surface area contributed by atoms with Crippen molar-refractivity contribution in [2.75, 3.05) is 26.0 Å². The number of aromatic nitrogens is 3. The van der Waals surface area contributed by atoms with Crippen LogP contribution in [0.4, 0.5) is 10.7 Å². The minimum Gasteiger partial charge on any atom is -0.480 e. The number of aliphatic hydroxyl groups is 1. The quantitative estimate of drug-likeness (QED) is 0.340. The number of hydrogen-bond donors (Lipinski definition) is 3. The highest BCUT2D eigenvalue weighted by atomic mass is 32.1. The molecule has 0 aliphatic carbocycles. The molecule has 5 rings (SSSR count). The standard InChI is InChI=1S/C24H21N5O6S/c1-29-10-8-24(33,23(29)32)17-12-16(28-35-17)13-5-3-6-14(11-13)20-27-18(22(30)31)21(36-20)26-15-7-4-9-25-19(15)34-2/h3-7,9,11-12,26,33H,8,10H2,1-2H3,(H,30,31). The van der Waals surface area contributed by atoms with E-state index in [0.717, 1.165) is 11.3 Å². The van der Waals surface area contributed by atoms with E-state index in [-0.39, 0.29) is 17.9 Å². The van der Waals surface area contributed by atoms with Crippen LogP contribution in [-0.4, -0.2) is 62.8 Å². The summed E-state index contributed by atoms with van der Waals surface area (Å²) in [6.07, 6.45) is 1.78. The SMILES string of the molecule is COc1ncccc1Nc1sc(-c2cccc(-c3cc(C4(O)CCN(C)C4=O)on3)c2)nc1C(=O)O. The number of likely N-dealkylation sites (tertiary alicyclic amines) is 1. The van der Waals surface area contributed by atoms with Crippen molar-refractivity contribution >= 4 is 33.9 Å². The number of hydrogen-bond acceptors (Lipinski definition) is 10. The molecule has 12 heteroatoms. The van der Waals surface area contributed by atoms with Gasteiger partial charge in [-0.25, -0.2) is 14.8 Å². The summed E-state index contributed by atoms with van der Waals surface area (Å²) < 4.78 is 10.6. The Kier molecular flexibility index (Phi) is 5.90. The number of nitrogens with one attached hydrogen (secondary N) is 1. The first kappa shape index (κ1) is 23.5. The number of ether oxygens (including phenoxy) is 1. The number of thiazole rings is 1. The smallest absolute Gasteiger partial charge is 0.357 e. The Bertz CT molecular complexity index is 1470. The van der Waals surface area contributed by atoms with Gasteiger partial charge in [0.2, 0.25) is 11.5 Å². The summed E-state index contributed by atoms with van der Waals surface area (Å²) in [4.78, 5) is 34.2. The van der Waals surface area contributed by atoms with E-state index < -0.39 is 17.5 Å². The number of carboxylic acid groups (broad SMARTS) is 1. The Balaban J connectivity index is 1.47. The van der Waals surface area contributed by atoms with Gasteiger partial charge in [-0.3, -0.25) is 4.79 Å². The number of amides is 1. The van der Waals surface area contributed by atoms with Gasteiger partial charge >= 0.3 is 5.97 Å². The Morgan fingerprint density at radius 3 is 2.78 bits per heavy atom. The molecule has 4 aromatic rings. The zero-order chi connectivity index (χ0) is 25.4. The molecule has 1 amide bonds. The molecule has 0 radical (unpaired) electrons. The molecule has 3 aromatic heterocycles. The van der Waals surface area contributed by atoms with Crippen LogP contribution in [-0.2, 0) is 10.4 Å². The van der Waals surface area contributed by atoms with E-state index in [1.807, 2.05) is 0 Å². The molecular weight excluding hydrogens is 486 g/mol. The third kappa shape index (κ3) is 4.06. The summed E-state index contributed by atoms with van der Waals surface area (Å²) in [5.74, 6) is -1.22. The third-order valence-electron chi connectivity index (χ3n) is 5.88. The van der Waals surface area contributed by atoms with Crippen LogP contribution in [0.5, 0.6) is 5.88 Å². The van der Waals surface area contributed by atoms with Gasteiger partial charge in [0.1, 0.15) is 21.4 Å². The predicted octanol–water partition coefficient (Wildman–Crippen LogP) is 3.36. The van der Waals surface area contributed by atoms with Gasteiger partial charge < -0.3 is 29.7 Å². The van der Waals surface area contributed by atoms with Crippen molar-refractivity contribution in [1.82, 2.24) is 20.0 Å². The lowest BCUT2D eigenvalue weighted by atomic mass is 9.98. The zero-order valence-electron chi connectivity index (χ0n) is 19.3. The molecule has 1 unspecified atom stereocenters. The Morgan fingerprint density at radius 2 is 2.06 bits per heavy atom. The highest BCUT2D eigenvalue weighted by molar-refractivity contribution is 7.19. The second kappa shape index (κ2) is 9.06. The molecule has 1 fully saturated rings. The molecular formula is C24H21N5O6S. The third-order valence-corrected chi connectivity index (χ3v) is 6.89. The van der Waals surface area contributed by atoms with Crippen LogP contribution in [0.3, 0.4) is 0 Å². The molecule has 1 aliphatic heterocycles. The van der Waals surface area contributed by atoms with E-state index in [1.165, 1.54) is 12.0 Å². The molecule has 184 valence electrons. The van der Waals surface area contributed by atoms with Crippen molar-refractivity contribution < 1.29 is 29.1 Å². The summed E-state index contributed by atoms with van der Waals surface area (Å²) in [5.41, 5.74) is 0.368. The number of pyridine rings is 1. The van der Waals surface area contributed by atoms with E-state index in [9.17, 15) is 19.8 Å². The Hall–Kier alpha value is -4.29. The zero-order valence-corrected chi connectivity index (χ0v) is 20.1. The fourth-order valence-corrected chi connectivity index (χ4v) is 4.91. The minimum atomic E-state index is -1.74. The van der Waals surface area contributed by atoms with Crippen LogP contribution in [0, 0.1) is 0 Å². The summed E-state index contributed by atoms with van der Waals surface area (Å²) in [6.45, 7) is 0.415. The van der Waals surface area contributed by atoms with Crippen LogP contribution < -0.4 is 10.1 Å². The average molecular weight is 508 g/mol. The maximum absolute atomic E-state index is 12.4. The van der Waals surface area contributed by atoms with Crippen molar-refractivity contribution in [3.8, 4) is 27.7 Å². The van der Waals surface area contributed by atoms with Gasteiger partial charge in [0.15, 0.2) is 11.5 Å².